The number of anilines is 1. The van der Waals surface area contributed by atoms with Crippen molar-refractivity contribution in [2.24, 2.45) is 0 Å². The molecule has 1 aliphatic rings. The Bertz CT molecular complexity index is 507. The lowest BCUT2D eigenvalue weighted by molar-refractivity contribution is 0.622. The number of hydrogen-bond acceptors (Lipinski definition) is 4. The second kappa shape index (κ2) is 3.83. The van der Waals surface area contributed by atoms with Gasteiger partial charge in [0.25, 0.3) is 0 Å². The topological polar surface area (TPSA) is 37.8 Å². The van der Waals surface area contributed by atoms with Gasteiger partial charge in [-0.25, -0.2) is 9.37 Å². The predicted octanol–water partition coefficient (Wildman–Crippen LogP) is 2.92. The summed E-state index contributed by atoms with van der Waals surface area (Å²) in [5.41, 5.74) is 1.50. The van der Waals surface area contributed by atoms with E-state index in [2.05, 4.69) is 15.3 Å². The third kappa shape index (κ3) is 2.04. The van der Waals surface area contributed by atoms with E-state index in [1.165, 1.54) is 25.1 Å². The van der Waals surface area contributed by atoms with Crippen LogP contribution in [0.5, 0.6) is 0 Å². The smallest absolute Gasteiger partial charge is 0.183 e. The average molecular weight is 235 g/mol. The number of aromatic nitrogens is 2. The van der Waals surface area contributed by atoms with Crippen LogP contribution in [0.3, 0.4) is 0 Å². The first-order valence-corrected chi connectivity index (χ1v) is 6.02. The summed E-state index contributed by atoms with van der Waals surface area (Å²) in [6.45, 7) is 0. The molecule has 3 nitrogen and oxygen atoms in total. The summed E-state index contributed by atoms with van der Waals surface area (Å²) in [6, 6.07) is 2.04. The molecular formula is C11H10FN3S. The Balaban J connectivity index is 1.85. The average Bonchev–Trinajstić information content (AvgIpc) is 2.94. The van der Waals surface area contributed by atoms with Crippen molar-refractivity contribution in [3.8, 4) is 11.3 Å². The predicted molar refractivity (Wildman–Crippen MR) is 61.9 cm³/mol. The van der Waals surface area contributed by atoms with E-state index in [9.17, 15) is 4.39 Å². The van der Waals surface area contributed by atoms with E-state index in [-0.39, 0.29) is 5.82 Å². The molecule has 16 heavy (non-hydrogen) atoms. The van der Waals surface area contributed by atoms with Crippen molar-refractivity contribution in [2.45, 2.75) is 18.9 Å². The van der Waals surface area contributed by atoms with Crippen LogP contribution in [0, 0.1) is 5.82 Å². The Hall–Kier alpha value is -1.49. The highest BCUT2D eigenvalue weighted by Gasteiger charge is 2.22. The standard InChI is InChI=1S/C11H10FN3S/c12-8-3-7(4-13-5-8)10-6-16-11(15-10)14-9-1-2-9/h3-6,9H,1-2H2,(H,14,15). The summed E-state index contributed by atoms with van der Waals surface area (Å²) >= 11 is 1.55. The van der Waals surface area contributed by atoms with Gasteiger partial charge in [-0.3, -0.25) is 4.98 Å². The number of rotatable bonds is 3. The van der Waals surface area contributed by atoms with Crippen LogP contribution in [-0.2, 0) is 0 Å². The van der Waals surface area contributed by atoms with Gasteiger partial charge in [0.15, 0.2) is 5.13 Å². The molecule has 0 saturated heterocycles. The van der Waals surface area contributed by atoms with Gasteiger partial charge in [0.2, 0.25) is 0 Å². The van der Waals surface area contributed by atoms with Gasteiger partial charge in [-0.2, -0.15) is 0 Å². The van der Waals surface area contributed by atoms with Crippen molar-refractivity contribution in [1.29, 1.82) is 0 Å². The van der Waals surface area contributed by atoms with Crippen molar-refractivity contribution in [3.05, 3.63) is 29.7 Å². The minimum absolute atomic E-state index is 0.331. The third-order valence-corrected chi connectivity index (χ3v) is 3.18. The van der Waals surface area contributed by atoms with E-state index in [0.717, 1.165) is 16.4 Å². The van der Waals surface area contributed by atoms with Crippen molar-refractivity contribution < 1.29 is 4.39 Å². The lowest BCUT2D eigenvalue weighted by Crippen LogP contribution is -1.99. The molecule has 0 aliphatic heterocycles. The molecule has 82 valence electrons. The molecule has 2 aromatic heterocycles. The molecule has 1 N–H and O–H groups in total. The van der Waals surface area contributed by atoms with Crippen LogP contribution in [0.25, 0.3) is 11.3 Å². The van der Waals surface area contributed by atoms with Gasteiger partial charge in [-0.1, -0.05) is 0 Å². The van der Waals surface area contributed by atoms with Gasteiger partial charge in [0, 0.05) is 23.2 Å². The second-order valence-electron chi connectivity index (χ2n) is 3.85. The Morgan fingerprint density at radius 3 is 3.00 bits per heavy atom. The number of halogens is 1. The Kier molecular flexibility index (Phi) is 2.32. The maximum absolute atomic E-state index is 13.0. The molecule has 0 aromatic carbocycles. The van der Waals surface area contributed by atoms with Crippen LogP contribution in [0.2, 0.25) is 0 Å². The highest BCUT2D eigenvalue weighted by Crippen LogP contribution is 2.29. The zero-order valence-corrected chi connectivity index (χ0v) is 9.30. The summed E-state index contributed by atoms with van der Waals surface area (Å²) in [6.07, 6.45) is 5.26. The summed E-state index contributed by atoms with van der Waals surface area (Å²) in [7, 11) is 0. The summed E-state index contributed by atoms with van der Waals surface area (Å²) in [5.74, 6) is -0.331. The minimum Gasteiger partial charge on any atom is -0.359 e. The zero-order valence-electron chi connectivity index (χ0n) is 8.48. The van der Waals surface area contributed by atoms with Gasteiger partial charge < -0.3 is 5.32 Å². The van der Waals surface area contributed by atoms with Crippen LogP contribution in [0.15, 0.2) is 23.8 Å². The largest absolute Gasteiger partial charge is 0.359 e. The molecule has 5 heteroatoms. The first-order chi connectivity index (χ1) is 7.81. The van der Waals surface area contributed by atoms with Crippen LogP contribution < -0.4 is 5.32 Å². The fraction of sp³-hybridized carbons (Fsp3) is 0.273. The third-order valence-electron chi connectivity index (χ3n) is 2.41. The van der Waals surface area contributed by atoms with Crippen molar-refractivity contribution >= 4 is 16.5 Å². The van der Waals surface area contributed by atoms with Crippen molar-refractivity contribution in [1.82, 2.24) is 9.97 Å². The molecule has 1 aliphatic carbocycles. The van der Waals surface area contributed by atoms with E-state index in [1.807, 2.05) is 5.38 Å². The minimum atomic E-state index is -0.331. The van der Waals surface area contributed by atoms with E-state index >= 15 is 0 Å². The first kappa shape index (κ1) is 9.72. The molecule has 2 aromatic rings. The van der Waals surface area contributed by atoms with Crippen LogP contribution >= 0.6 is 11.3 Å². The van der Waals surface area contributed by atoms with Gasteiger partial charge in [0.1, 0.15) is 5.82 Å². The molecule has 1 saturated carbocycles. The number of nitrogens with one attached hydrogen (secondary N) is 1. The summed E-state index contributed by atoms with van der Waals surface area (Å²) in [5, 5.41) is 6.14. The molecular weight excluding hydrogens is 225 g/mol. The maximum atomic E-state index is 13.0. The first-order valence-electron chi connectivity index (χ1n) is 5.14. The number of thiazole rings is 1. The summed E-state index contributed by atoms with van der Waals surface area (Å²) < 4.78 is 13.0. The highest BCUT2D eigenvalue weighted by atomic mass is 32.1. The number of nitrogens with zero attached hydrogens (tertiary/aromatic N) is 2. The van der Waals surface area contributed by atoms with Crippen LogP contribution in [0.1, 0.15) is 12.8 Å². The van der Waals surface area contributed by atoms with E-state index in [0.29, 0.717) is 6.04 Å². The molecule has 0 radical (unpaired) electrons. The monoisotopic (exact) mass is 235 g/mol. The van der Waals surface area contributed by atoms with Gasteiger partial charge in [-0.15, -0.1) is 11.3 Å². The lowest BCUT2D eigenvalue weighted by atomic mass is 10.2. The van der Waals surface area contributed by atoms with Crippen LogP contribution in [0.4, 0.5) is 9.52 Å². The zero-order chi connectivity index (χ0) is 11.0. The lowest BCUT2D eigenvalue weighted by Gasteiger charge is -1.97. The van der Waals surface area contributed by atoms with Crippen molar-refractivity contribution in [2.75, 3.05) is 5.32 Å². The second-order valence-corrected chi connectivity index (χ2v) is 4.71. The summed E-state index contributed by atoms with van der Waals surface area (Å²) in [4.78, 5) is 8.21. The normalized spacial score (nSPS) is 15.1. The molecule has 1 fully saturated rings. The maximum Gasteiger partial charge on any atom is 0.183 e. The Labute approximate surface area is 96.4 Å². The van der Waals surface area contributed by atoms with Crippen LogP contribution in [-0.4, -0.2) is 16.0 Å². The van der Waals surface area contributed by atoms with Gasteiger partial charge >= 0.3 is 0 Å². The molecule has 0 bridgehead atoms. The molecule has 0 atom stereocenters. The number of pyridine rings is 1. The fourth-order valence-electron chi connectivity index (χ4n) is 1.43. The molecule has 0 amide bonds. The SMILES string of the molecule is Fc1cncc(-c2csc(NC3CC3)n2)c1. The molecule has 2 heterocycles. The molecule has 0 unspecified atom stereocenters. The quantitative estimate of drug-likeness (QED) is 0.888. The van der Waals surface area contributed by atoms with E-state index in [4.69, 9.17) is 0 Å². The Morgan fingerprint density at radius 2 is 2.25 bits per heavy atom. The molecule has 0 spiro atoms. The van der Waals surface area contributed by atoms with E-state index < -0.39 is 0 Å². The highest BCUT2D eigenvalue weighted by molar-refractivity contribution is 7.14. The molecule has 3 rings (SSSR count). The van der Waals surface area contributed by atoms with E-state index in [1.54, 1.807) is 17.5 Å². The Morgan fingerprint density at radius 1 is 1.38 bits per heavy atom. The van der Waals surface area contributed by atoms with Crippen molar-refractivity contribution in [3.63, 3.8) is 0 Å². The fourth-order valence-corrected chi connectivity index (χ4v) is 2.22. The van der Waals surface area contributed by atoms with Gasteiger partial charge in [-0.05, 0) is 18.9 Å². The van der Waals surface area contributed by atoms with Gasteiger partial charge in [0.05, 0.1) is 11.9 Å². The number of hydrogen-bond donors (Lipinski definition) is 1.